The Balaban J connectivity index is 2.57. The number of rotatable bonds is 8. The van der Waals surface area contributed by atoms with Crippen LogP contribution in [-0.2, 0) is 11.2 Å². The molecule has 0 spiro atoms. The lowest BCUT2D eigenvalue weighted by Gasteiger charge is -2.26. The molecule has 1 amide bonds. The number of unbranched alkanes of at least 4 members (excludes halogenated alkanes) is 1. The van der Waals surface area contributed by atoms with E-state index in [0.29, 0.717) is 12.0 Å². The second-order valence-corrected chi connectivity index (χ2v) is 5.57. The number of hydrogen-bond acceptors (Lipinski definition) is 2. The highest BCUT2D eigenvalue weighted by atomic mass is 35.5. The maximum absolute atomic E-state index is 13.3. The largest absolute Gasteiger partial charge is 0.394 e. The summed E-state index contributed by atoms with van der Waals surface area (Å²) in [6.45, 7) is 2.03. The predicted octanol–water partition coefficient (Wildman–Crippen LogP) is 3.42. The number of likely N-dealkylation sites (N-methyl/N-ethyl adjacent to an activating group) is 1. The average molecular weight is 316 g/mol. The Labute approximate surface area is 130 Å². The van der Waals surface area contributed by atoms with Gasteiger partial charge in [-0.3, -0.25) is 4.79 Å². The molecule has 0 unspecified atom stereocenters. The summed E-state index contributed by atoms with van der Waals surface area (Å²) >= 11 is 5.87. The monoisotopic (exact) mass is 315 g/mol. The molecule has 0 aliphatic carbocycles. The van der Waals surface area contributed by atoms with Gasteiger partial charge >= 0.3 is 0 Å². The molecule has 0 aromatic heterocycles. The van der Waals surface area contributed by atoms with Gasteiger partial charge in [0.1, 0.15) is 5.82 Å². The van der Waals surface area contributed by atoms with E-state index in [-0.39, 0.29) is 30.0 Å². The van der Waals surface area contributed by atoms with Crippen LogP contribution >= 0.6 is 11.6 Å². The molecule has 5 heteroatoms. The third-order valence-corrected chi connectivity index (χ3v) is 4.11. The van der Waals surface area contributed by atoms with Crippen molar-refractivity contribution in [2.75, 3.05) is 13.7 Å². The Hall–Kier alpha value is -1.13. The van der Waals surface area contributed by atoms with E-state index in [1.54, 1.807) is 24.1 Å². The van der Waals surface area contributed by atoms with Crippen LogP contribution < -0.4 is 0 Å². The quantitative estimate of drug-likeness (QED) is 0.798. The highest BCUT2D eigenvalue weighted by molar-refractivity contribution is 6.31. The van der Waals surface area contributed by atoms with Gasteiger partial charge in [0.2, 0.25) is 5.91 Å². The zero-order valence-corrected chi connectivity index (χ0v) is 13.4. The fourth-order valence-electron chi connectivity index (χ4n) is 2.21. The summed E-state index contributed by atoms with van der Waals surface area (Å²) < 4.78 is 13.3. The molecule has 1 atom stereocenters. The van der Waals surface area contributed by atoms with Crippen molar-refractivity contribution in [3.05, 3.63) is 34.6 Å². The first-order valence-electron chi connectivity index (χ1n) is 7.30. The van der Waals surface area contributed by atoms with Crippen molar-refractivity contribution in [1.82, 2.24) is 4.90 Å². The van der Waals surface area contributed by atoms with Crippen LogP contribution in [0.3, 0.4) is 0 Å². The summed E-state index contributed by atoms with van der Waals surface area (Å²) in [5.74, 6) is -0.531. The average Bonchev–Trinajstić information content (AvgIpc) is 2.49. The summed E-state index contributed by atoms with van der Waals surface area (Å²) in [5.41, 5.74) is 0.632. The van der Waals surface area contributed by atoms with Crippen LogP contribution in [0.15, 0.2) is 18.2 Å². The Bertz CT molecular complexity index is 468. The summed E-state index contributed by atoms with van der Waals surface area (Å²) in [4.78, 5) is 13.7. The van der Waals surface area contributed by atoms with Gasteiger partial charge < -0.3 is 10.0 Å². The number of hydrogen-bond donors (Lipinski definition) is 1. The molecule has 1 aromatic rings. The molecule has 118 valence electrons. The van der Waals surface area contributed by atoms with Crippen molar-refractivity contribution in [2.45, 2.75) is 45.1 Å². The molecule has 21 heavy (non-hydrogen) atoms. The van der Waals surface area contributed by atoms with Crippen molar-refractivity contribution >= 4 is 17.5 Å². The van der Waals surface area contributed by atoms with E-state index in [0.717, 1.165) is 19.3 Å². The molecule has 1 rings (SSSR count). The van der Waals surface area contributed by atoms with Gasteiger partial charge in [0.15, 0.2) is 0 Å². The van der Waals surface area contributed by atoms with Crippen LogP contribution in [0.1, 0.15) is 38.2 Å². The number of amides is 1. The van der Waals surface area contributed by atoms with Gasteiger partial charge in [-0.05, 0) is 24.5 Å². The zero-order valence-electron chi connectivity index (χ0n) is 12.6. The maximum atomic E-state index is 13.3. The first kappa shape index (κ1) is 17.9. The van der Waals surface area contributed by atoms with E-state index in [9.17, 15) is 14.3 Å². The topological polar surface area (TPSA) is 40.5 Å². The van der Waals surface area contributed by atoms with Crippen LogP contribution in [0.4, 0.5) is 4.39 Å². The fraction of sp³-hybridized carbons (Fsp3) is 0.562. The lowest BCUT2D eigenvalue weighted by molar-refractivity contribution is -0.132. The van der Waals surface area contributed by atoms with E-state index < -0.39 is 5.82 Å². The zero-order chi connectivity index (χ0) is 15.8. The van der Waals surface area contributed by atoms with Gasteiger partial charge in [0, 0.05) is 13.5 Å². The molecule has 1 aromatic carbocycles. The van der Waals surface area contributed by atoms with Crippen molar-refractivity contribution in [3.63, 3.8) is 0 Å². The van der Waals surface area contributed by atoms with E-state index in [1.807, 2.05) is 0 Å². The van der Waals surface area contributed by atoms with Crippen molar-refractivity contribution in [1.29, 1.82) is 0 Å². The minimum Gasteiger partial charge on any atom is -0.394 e. The normalized spacial score (nSPS) is 12.2. The standard InChI is InChI=1S/C16H23ClFNO2/c1-3-4-7-13(11-20)19(2)15(21)10-9-12-6-5-8-14(18)16(12)17/h5-6,8,13,20H,3-4,7,9-11H2,1-2H3/t13-/m0/s1. The molecule has 0 aliphatic rings. The summed E-state index contributed by atoms with van der Waals surface area (Å²) in [5, 5.41) is 9.45. The molecule has 0 radical (unpaired) electrons. The number of aliphatic hydroxyl groups excluding tert-OH is 1. The van der Waals surface area contributed by atoms with Gasteiger partial charge in [0.05, 0.1) is 17.7 Å². The number of halogens is 2. The molecule has 0 fully saturated rings. The molecule has 0 saturated carbocycles. The Morgan fingerprint density at radius 3 is 2.81 bits per heavy atom. The summed E-state index contributed by atoms with van der Waals surface area (Å²) in [6.07, 6.45) is 3.43. The van der Waals surface area contributed by atoms with Gasteiger partial charge in [-0.25, -0.2) is 4.39 Å². The number of aryl methyl sites for hydroxylation is 1. The van der Waals surface area contributed by atoms with Gasteiger partial charge in [-0.15, -0.1) is 0 Å². The van der Waals surface area contributed by atoms with Gasteiger partial charge in [0.25, 0.3) is 0 Å². The van der Waals surface area contributed by atoms with E-state index in [2.05, 4.69) is 6.92 Å². The highest BCUT2D eigenvalue weighted by Gasteiger charge is 2.19. The number of carbonyl (C=O) groups is 1. The predicted molar refractivity (Wildman–Crippen MR) is 82.9 cm³/mol. The second-order valence-electron chi connectivity index (χ2n) is 5.20. The van der Waals surface area contributed by atoms with Gasteiger partial charge in [-0.1, -0.05) is 43.5 Å². The molecular formula is C16H23ClFNO2. The van der Waals surface area contributed by atoms with Crippen molar-refractivity contribution < 1.29 is 14.3 Å². The minimum atomic E-state index is -0.467. The Kier molecular flexibility index (Phi) is 7.68. The molecule has 0 aliphatic heterocycles. The summed E-state index contributed by atoms with van der Waals surface area (Å²) in [7, 11) is 1.70. The number of nitrogens with zero attached hydrogens (tertiary/aromatic N) is 1. The van der Waals surface area contributed by atoms with Crippen LogP contribution in [-0.4, -0.2) is 35.6 Å². The minimum absolute atomic E-state index is 0.0387. The van der Waals surface area contributed by atoms with Crippen LogP contribution in [0.5, 0.6) is 0 Å². The molecular weight excluding hydrogens is 293 g/mol. The Morgan fingerprint density at radius 1 is 1.48 bits per heavy atom. The highest BCUT2D eigenvalue weighted by Crippen LogP contribution is 2.21. The summed E-state index contributed by atoms with van der Waals surface area (Å²) in [6, 6.07) is 4.45. The maximum Gasteiger partial charge on any atom is 0.222 e. The Morgan fingerprint density at radius 2 is 2.19 bits per heavy atom. The van der Waals surface area contributed by atoms with Gasteiger partial charge in [-0.2, -0.15) is 0 Å². The third kappa shape index (κ3) is 5.29. The van der Waals surface area contributed by atoms with Crippen LogP contribution in [0.25, 0.3) is 0 Å². The molecule has 3 nitrogen and oxygen atoms in total. The molecule has 1 N–H and O–H groups in total. The SMILES string of the molecule is CCCC[C@@H](CO)N(C)C(=O)CCc1cccc(F)c1Cl. The van der Waals surface area contributed by atoms with E-state index in [4.69, 9.17) is 11.6 Å². The molecule has 0 bridgehead atoms. The lowest BCUT2D eigenvalue weighted by Crippen LogP contribution is -2.39. The van der Waals surface area contributed by atoms with Crippen LogP contribution in [0, 0.1) is 5.82 Å². The third-order valence-electron chi connectivity index (χ3n) is 3.68. The van der Waals surface area contributed by atoms with Crippen molar-refractivity contribution in [3.8, 4) is 0 Å². The lowest BCUT2D eigenvalue weighted by atomic mass is 10.1. The van der Waals surface area contributed by atoms with Crippen molar-refractivity contribution in [2.24, 2.45) is 0 Å². The van der Waals surface area contributed by atoms with Crippen LogP contribution in [0.2, 0.25) is 5.02 Å². The second kappa shape index (κ2) is 9.00. The first-order valence-corrected chi connectivity index (χ1v) is 7.68. The van der Waals surface area contributed by atoms with E-state index >= 15 is 0 Å². The number of aliphatic hydroxyl groups is 1. The smallest absolute Gasteiger partial charge is 0.222 e. The number of benzene rings is 1. The first-order chi connectivity index (χ1) is 10.0. The molecule has 0 saturated heterocycles. The van der Waals surface area contributed by atoms with E-state index in [1.165, 1.54) is 6.07 Å². The number of carbonyl (C=O) groups excluding carboxylic acids is 1. The molecule has 0 heterocycles. The fourth-order valence-corrected chi connectivity index (χ4v) is 2.43.